The number of amidine groups is 1. The molecule has 2 atom stereocenters. The Morgan fingerprint density at radius 1 is 1.24 bits per heavy atom. The highest BCUT2D eigenvalue weighted by Crippen LogP contribution is 2.32. The Morgan fingerprint density at radius 2 is 2.00 bits per heavy atom. The molecule has 0 bridgehead atoms. The van der Waals surface area contributed by atoms with E-state index in [-0.39, 0.29) is 16.9 Å². The molecule has 1 fully saturated rings. The van der Waals surface area contributed by atoms with Crippen molar-refractivity contribution in [1.29, 1.82) is 0 Å². The Labute approximate surface area is 248 Å². The van der Waals surface area contributed by atoms with Crippen molar-refractivity contribution in [3.05, 3.63) is 52.6 Å². The van der Waals surface area contributed by atoms with Gasteiger partial charge in [-0.15, -0.1) is 11.3 Å². The number of nitrogens with zero attached hydrogens (tertiary/aromatic N) is 5. The fourth-order valence-corrected chi connectivity index (χ4v) is 5.85. The SMILES string of the molecule is C=NC(=NCCCNC(=C)c1csc(C(C)(C)C)n1)c1cc2c(NC3CCN(C)CC3F)cccc2n1CC(F)(F)F. The largest absolute Gasteiger partial charge is 0.406 e. The van der Waals surface area contributed by atoms with Gasteiger partial charge >= 0.3 is 6.18 Å². The van der Waals surface area contributed by atoms with E-state index < -0.39 is 24.9 Å². The number of hydrogen-bond donors (Lipinski definition) is 2. The Kier molecular flexibility index (Phi) is 9.77. The van der Waals surface area contributed by atoms with E-state index in [0.717, 1.165) is 21.8 Å². The summed E-state index contributed by atoms with van der Waals surface area (Å²) in [5.41, 5.74) is 2.61. The van der Waals surface area contributed by atoms with Gasteiger partial charge in [-0.3, -0.25) is 4.99 Å². The molecule has 228 valence electrons. The summed E-state index contributed by atoms with van der Waals surface area (Å²) in [5.74, 6) is 0.122. The van der Waals surface area contributed by atoms with E-state index in [9.17, 15) is 17.6 Å². The van der Waals surface area contributed by atoms with E-state index in [2.05, 4.69) is 59.7 Å². The molecule has 3 aromatic rings. The molecule has 2 N–H and O–H groups in total. The smallest absolute Gasteiger partial charge is 0.384 e. The average molecular weight is 606 g/mol. The van der Waals surface area contributed by atoms with Gasteiger partial charge in [-0.1, -0.05) is 33.4 Å². The third-order valence-electron chi connectivity index (χ3n) is 7.14. The lowest BCUT2D eigenvalue weighted by atomic mass is 9.98. The van der Waals surface area contributed by atoms with Gasteiger partial charge in [-0.25, -0.2) is 14.4 Å². The third kappa shape index (κ3) is 7.77. The van der Waals surface area contributed by atoms with Crippen LogP contribution in [0, 0.1) is 0 Å². The summed E-state index contributed by atoms with van der Waals surface area (Å²) in [5, 5.41) is 10.0. The van der Waals surface area contributed by atoms with E-state index in [4.69, 9.17) is 0 Å². The number of anilines is 1. The Balaban J connectivity index is 1.51. The number of likely N-dealkylation sites (tertiary alicyclic amines) is 1. The van der Waals surface area contributed by atoms with Gasteiger partial charge in [0.05, 0.1) is 33.7 Å². The van der Waals surface area contributed by atoms with Gasteiger partial charge in [0.1, 0.15) is 12.7 Å². The van der Waals surface area contributed by atoms with Crippen LogP contribution in [0.4, 0.5) is 23.2 Å². The average Bonchev–Trinajstić information content (AvgIpc) is 3.54. The maximum Gasteiger partial charge on any atom is 0.406 e. The Morgan fingerprint density at radius 3 is 2.64 bits per heavy atom. The molecule has 4 rings (SSSR count). The van der Waals surface area contributed by atoms with Gasteiger partial charge in [0.15, 0.2) is 5.84 Å². The molecule has 1 aliphatic heterocycles. The molecule has 7 nitrogen and oxygen atoms in total. The predicted molar refractivity (Wildman–Crippen MR) is 166 cm³/mol. The number of hydrogen-bond acceptors (Lipinski definition) is 6. The van der Waals surface area contributed by atoms with Crippen molar-refractivity contribution in [1.82, 2.24) is 19.8 Å². The van der Waals surface area contributed by atoms with Crippen molar-refractivity contribution in [2.45, 2.75) is 64.0 Å². The van der Waals surface area contributed by atoms with Crippen LogP contribution in [0.3, 0.4) is 0 Å². The molecule has 1 aromatic carbocycles. The monoisotopic (exact) mass is 605 g/mol. The van der Waals surface area contributed by atoms with Gasteiger partial charge < -0.3 is 20.1 Å². The van der Waals surface area contributed by atoms with Crippen LogP contribution in [0.5, 0.6) is 0 Å². The maximum atomic E-state index is 14.8. The van der Waals surface area contributed by atoms with E-state index in [1.165, 1.54) is 0 Å². The van der Waals surface area contributed by atoms with Crippen molar-refractivity contribution < 1.29 is 17.6 Å². The van der Waals surface area contributed by atoms with Crippen molar-refractivity contribution in [2.24, 2.45) is 9.98 Å². The van der Waals surface area contributed by atoms with Gasteiger partial charge in [0, 0.05) is 48.0 Å². The molecular weight excluding hydrogens is 566 g/mol. The standard InChI is InChI=1S/C30H39F4N7S/c1-19(24-17-42-28(39-24)29(2,3)4)36-12-8-13-37-27(35-5)26-15-20-22(38-23-11-14-40(6)16-21(23)31)9-7-10-25(20)41(26)18-30(32,33)34/h7,9-10,15,17,21,23,36,38H,1,5,8,11-14,16,18H2,2-4,6H3. The van der Waals surface area contributed by atoms with Crippen molar-refractivity contribution in [3.63, 3.8) is 0 Å². The predicted octanol–water partition coefficient (Wildman–Crippen LogP) is 6.51. The zero-order chi connectivity index (χ0) is 30.7. The number of piperidine rings is 1. The second-order valence-corrected chi connectivity index (χ2v) is 12.6. The highest BCUT2D eigenvalue weighted by atomic mass is 32.1. The second-order valence-electron chi connectivity index (χ2n) is 11.7. The molecule has 0 aliphatic carbocycles. The van der Waals surface area contributed by atoms with Crippen molar-refractivity contribution in [3.8, 4) is 0 Å². The highest BCUT2D eigenvalue weighted by Gasteiger charge is 2.32. The number of benzene rings is 1. The summed E-state index contributed by atoms with van der Waals surface area (Å²) >= 11 is 1.59. The van der Waals surface area contributed by atoms with E-state index in [1.807, 2.05) is 17.3 Å². The lowest BCUT2D eigenvalue weighted by Gasteiger charge is -2.33. The number of thiazole rings is 1. The van der Waals surface area contributed by atoms with Crippen LogP contribution in [-0.2, 0) is 12.0 Å². The number of rotatable bonds is 10. The lowest BCUT2D eigenvalue weighted by Crippen LogP contribution is -2.46. The van der Waals surface area contributed by atoms with Crippen LogP contribution in [0.15, 0.2) is 46.2 Å². The van der Waals surface area contributed by atoms with Crippen LogP contribution < -0.4 is 10.6 Å². The third-order valence-corrected chi connectivity index (χ3v) is 8.41. The first-order valence-corrected chi connectivity index (χ1v) is 14.8. The first-order chi connectivity index (χ1) is 19.8. The first kappa shape index (κ1) is 31.7. The van der Waals surface area contributed by atoms with Crippen LogP contribution in [0.2, 0.25) is 0 Å². The number of aliphatic imine (C=N–C) groups is 2. The summed E-state index contributed by atoms with van der Waals surface area (Å²) in [4.78, 5) is 15.1. The topological polar surface area (TPSA) is 69.8 Å². The molecule has 3 heterocycles. The zero-order valence-corrected chi connectivity index (χ0v) is 25.4. The number of nitrogens with one attached hydrogen (secondary N) is 2. The van der Waals surface area contributed by atoms with E-state index in [0.29, 0.717) is 54.8 Å². The van der Waals surface area contributed by atoms with Gasteiger partial charge in [-0.2, -0.15) is 13.2 Å². The molecule has 0 radical (unpaired) electrons. The number of halogens is 4. The molecule has 1 aliphatic rings. The van der Waals surface area contributed by atoms with Crippen molar-refractivity contribution >= 4 is 46.2 Å². The summed E-state index contributed by atoms with van der Waals surface area (Å²) in [6.07, 6.45) is -4.38. The summed E-state index contributed by atoms with van der Waals surface area (Å²) < 4.78 is 57.0. The normalized spacial score (nSPS) is 18.8. The molecule has 2 aromatic heterocycles. The van der Waals surface area contributed by atoms with Crippen LogP contribution in [0.25, 0.3) is 16.6 Å². The minimum absolute atomic E-state index is 0.0417. The van der Waals surface area contributed by atoms with Gasteiger partial charge in [-0.05, 0) is 44.8 Å². The second kappa shape index (κ2) is 12.9. The minimum atomic E-state index is -4.47. The summed E-state index contributed by atoms with van der Waals surface area (Å²) in [7, 11) is 1.87. The van der Waals surface area contributed by atoms with E-state index in [1.54, 1.807) is 35.6 Å². The lowest BCUT2D eigenvalue weighted by molar-refractivity contribution is -0.139. The van der Waals surface area contributed by atoms with Gasteiger partial charge in [0.25, 0.3) is 0 Å². The van der Waals surface area contributed by atoms with Crippen LogP contribution in [0.1, 0.15) is 50.0 Å². The zero-order valence-electron chi connectivity index (χ0n) is 24.6. The maximum absolute atomic E-state index is 14.8. The molecule has 0 saturated carbocycles. The molecule has 0 spiro atoms. The number of fused-ring (bicyclic) bond motifs is 1. The Hall–Kier alpha value is -3.25. The van der Waals surface area contributed by atoms with Crippen LogP contribution in [-0.4, -0.2) is 78.6 Å². The first-order valence-electron chi connectivity index (χ1n) is 14.0. The summed E-state index contributed by atoms with van der Waals surface area (Å²) in [6, 6.07) is 6.26. The molecule has 1 saturated heterocycles. The molecular formula is C30H39F4N7S. The quantitative estimate of drug-likeness (QED) is 0.120. The number of aromatic nitrogens is 2. The van der Waals surface area contributed by atoms with Crippen LogP contribution >= 0.6 is 11.3 Å². The highest BCUT2D eigenvalue weighted by molar-refractivity contribution is 7.09. The molecule has 0 amide bonds. The fraction of sp³-hybridized carbons (Fsp3) is 0.500. The van der Waals surface area contributed by atoms with Gasteiger partial charge in [0.2, 0.25) is 0 Å². The number of alkyl halides is 4. The minimum Gasteiger partial charge on any atom is -0.384 e. The fourth-order valence-electron chi connectivity index (χ4n) is 4.93. The molecule has 42 heavy (non-hydrogen) atoms. The van der Waals surface area contributed by atoms with E-state index >= 15 is 0 Å². The van der Waals surface area contributed by atoms with Crippen molar-refractivity contribution in [2.75, 3.05) is 38.5 Å². The molecule has 12 heteroatoms. The summed E-state index contributed by atoms with van der Waals surface area (Å²) in [6.45, 7) is 14.7. The molecule has 2 unspecified atom stereocenters. The Bertz CT molecular complexity index is 1430.